The Morgan fingerprint density at radius 1 is 1.32 bits per heavy atom. The number of carbonyl (C=O) groups excluding carboxylic acids is 2. The van der Waals surface area contributed by atoms with E-state index >= 15 is 0 Å². The fourth-order valence-electron chi connectivity index (χ4n) is 3.30. The molecule has 2 aliphatic rings. The number of hydrogen-bond acceptors (Lipinski definition) is 4. The van der Waals surface area contributed by atoms with Crippen LogP contribution in [0.25, 0.3) is 0 Å². The van der Waals surface area contributed by atoms with Crippen molar-refractivity contribution in [2.24, 2.45) is 0 Å². The standard InChI is InChI=1S/C17H22BrN3O3S/c1-24-11-10-21-15(22)12-25-17(21)6-8-20(9-7-17)16(23)19-14-4-2-13(18)3-5-14/h2-5H,6-12H2,1H3,(H,19,23). The molecule has 1 aromatic rings. The maximum absolute atomic E-state index is 12.5. The Balaban J connectivity index is 1.58. The summed E-state index contributed by atoms with van der Waals surface area (Å²) in [5, 5.41) is 2.93. The number of urea groups is 1. The highest BCUT2D eigenvalue weighted by molar-refractivity contribution is 9.10. The predicted octanol–water partition coefficient (Wildman–Crippen LogP) is 2.99. The van der Waals surface area contributed by atoms with Crippen molar-refractivity contribution in [3.63, 3.8) is 0 Å². The van der Waals surface area contributed by atoms with E-state index in [2.05, 4.69) is 21.2 Å². The average molecular weight is 428 g/mol. The van der Waals surface area contributed by atoms with E-state index in [1.54, 1.807) is 18.9 Å². The lowest BCUT2D eigenvalue weighted by Gasteiger charge is -2.43. The molecule has 0 aliphatic carbocycles. The Morgan fingerprint density at radius 2 is 2.00 bits per heavy atom. The van der Waals surface area contributed by atoms with Crippen LogP contribution in [0, 0.1) is 0 Å². The van der Waals surface area contributed by atoms with Crippen LogP contribution in [-0.2, 0) is 9.53 Å². The van der Waals surface area contributed by atoms with Crippen LogP contribution in [0.2, 0.25) is 0 Å². The predicted molar refractivity (Wildman–Crippen MR) is 103 cm³/mol. The van der Waals surface area contributed by atoms with Gasteiger partial charge in [0, 0.05) is 36.9 Å². The molecule has 6 nitrogen and oxygen atoms in total. The molecule has 2 saturated heterocycles. The highest BCUT2D eigenvalue weighted by atomic mass is 79.9. The number of benzene rings is 1. The molecule has 2 heterocycles. The molecule has 3 rings (SSSR count). The Labute approximate surface area is 160 Å². The van der Waals surface area contributed by atoms with Crippen molar-refractivity contribution in [2.45, 2.75) is 17.7 Å². The topological polar surface area (TPSA) is 61.9 Å². The molecule has 0 radical (unpaired) electrons. The minimum absolute atomic E-state index is 0.0880. The smallest absolute Gasteiger partial charge is 0.321 e. The molecule has 1 spiro atoms. The molecule has 1 aromatic carbocycles. The summed E-state index contributed by atoms with van der Waals surface area (Å²) in [4.78, 5) is 28.3. The fraction of sp³-hybridized carbons (Fsp3) is 0.529. The lowest BCUT2D eigenvalue weighted by atomic mass is 10.0. The minimum atomic E-state index is -0.177. The molecule has 0 aromatic heterocycles. The van der Waals surface area contributed by atoms with Gasteiger partial charge >= 0.3 is 6.03 Å². The quantitative estimate of drug-likeness (QED) is 0.801. The Hall–Kier alpha value is -1.25. The molecule has 1 N–H and O–H groups in total. The van der Waals surface area contributed by atoms with E-state index in [0.29, 0.717) is 32.0 Å². The number of likely N-dealkylation sites (tertiary alicyclic amines) is 1. The second kappa shape index (κ2) is 7.97. The Kier molecular flexibility index (Phi) is 5.91. The van der Waals surface area contributed by atoms with Crippen molar-refractivity contribution < 1.29 is 14.3 Å². The largest absolute Gasteiger partial charge is 0.383 e. The first kappa shape index (κ1) is 18.5. The summed E-state index contributed by atoms with van der Waals surface area (Å²) >= 11 is 5.09. The number of carbonyl (C=O) groups is 2. The van der Waals surface area contributed by atoms with E-state index in [9.17, 15) is 9.59 Å². The number of thioether (sulfide) groups is 1. The zero-order valence-electron chi connectivity index (χ0n) is 14.2. The third-order valence-electron chi connectivity index (χ3n) is 4.70. The number of nitrogens with one attached hydrogen (secondary N) is 1. The molecule has 0 unspecified atom stereocenters. The van der Waals surface area contributed by atoms with E-state index in [0.717, 1.165) is 23.0 Å². The number of ether oxygens (including phenoxy) is 1. The van der Waals surface area contributed by atoms with Crippen molar-refractivity contribution in [3.05, 3.63) is 28.7 Å². The minimum Gasteiger partial charge on any atom is -0.383 e. The van der Waals surface area contributed by atoms with E-state index < -0.39 is 0 Å². The van der Waals surface area contributed by atoms with E-state index in [1.165, 1.54) is 0 Å². The van der Waals surface area contributed by atoms with Gasteiger partial charge in [-0.2, -0.15) is 0 Å². The lowest BCUT2D eigenvalue weighted by Crippen LogP contribution is -2.54. The number of piperidine rings is 1. The summed E-state index contributed by atoms with van der Waals surface area (Å²) in [5.41, 5.74) is 0.778. The van der Waals surface area contributed by atoms with Crippen molar-refractivity contribution in [1.29, 1.82) is 0 Å². The molecular weight excluding hydrogens is 406 g/mol. The van der Waals surface area contributed by atoms with Crippen molar-refractivity contribution >= 4 is 45.3 Å². The first-order valence-electron chi connectivity index (χ1n) is 8.29. The molecule has 25 heavy (non-hydrogen) atoms. The monoisotopic (exact) mass is 427 g/mol. The number of nitrogens with zero attached hydrogens (tertiary/aromatic N) is 2. The van der Waals surface area contributed by atoms with Gasteiger partial charge in [0.2, 0.25) is 5.91 Å². The normalized spacial score (nSPS) is 19.5. The Morgan fingerprint density at radius 3 is 2.64 bits per heavy atom. The third-order valence-corrected chi connectivity index (χ3v) is 6.79. The second-order valence-electron chi connectivity index (χ2n) is 6.20. The Bertz CT molecular complexity index is 633. The van der Waals surface area contributed by atoms with Crippen LogP contribution in [0.5, 0.6) is 0 Å². The number of halogens is 1. The molecule has 0 saturated carbocycles. The number of anilines is 1. The van der Waals surface area contributed by atoms with Gasteiger partial charge in [-0.15, -0.1) is 11.8 Å². The van der Waals surface area contributed by atoms with Crippen molar-refractivity contribution in [3.8, 4) is 0 Å². The van der Waals surface area contributed by atoms with Gasteiger partial charge in [-0.1, -0.05) is 15.9 Å². The number of rotatable bonds is 4. The van der Waals surface area contributed by atoms with Gasteiger partial charge < -0.3 is 19.9 Å². The summed E-state index contributed by atoms with van der Waals surface area (Å²) in [6, 6.07) is 7.44. The van der Waals surface area contributed by atoms with Crippen LogP contribution in [0.4, 0.5) is 10.5 Å². The van der Waals surface area contributed by atoms with E-state index in [1.807, 2.05) is 34.1 Å². The molecule has 8 heteroatoms. The van der Waals surface area contributed by atoms with Gasteiger partial charge in [-0.25, -0.2) is 4.79 Å². The van der Waals surface area contributed by atoms with Crippen LogP contribution in [-0.4, -0.2) is 65.7 Å². The maximum atomic E-state index is 12.5. The number of amides is 3. The summed E-state index contributed by atoms with van der Waals surface area (Å²) in [6.45, 7) is 2.45. The van der Waals surface area contributed by atoms with Crippen LogP contribution in [0.1, 0.15) is 12.8 Å². The highest BCUT2D eigenvalue weighted by Crippen LogP contribution is 2.44. The van der Waals surface area contributed by atoms with Gasteiger partial charge in [0.1, 0.15) is 0 Å². The number of hydrogen-bond donors (Lipinski definition) is 1. The summed E-state index contributed by atoms with van der Waals surface area (Å²) < 4.78 is 6.12. The van der Waals surface area contributed by atoms with E-state index in [-0.39, 0.29) is 16.8 Å². The first-order valence-corrected chi connectivity index (χ1v) is 10.1. The zero-order valence-corrected chi connectivity index (χ0v) is 16.6. The molecule has 0 bridgehead atoms. The van der Waals surface area contributed by atoms with Crippen LogP contribution in [0.15, 0.2) is 28.7 Å². The molecule has 2 aliphatic heterocycles. The van der Waals surface area contributed by atoms with Gasteiger partial charge in [0.25, 0.3) is 0 Å². The van der Waals surface area contributed by atoms with Gasteiger partial charge in [-0.05, 0) is 37.1 Å². The number of methoxy groups -OCH3 is 1. The van der Waals surface area contributed by atoms with Gasteiger partial charge in [-0.3, -0.25) is 4.79 Å². The third kappa shape index (κ3) is 4.12. The van der Waals surface area contributed by atoms with E-state index in [4.69, 9.17) is 4.74 Å². The van der Waals surface area contributed by atoms with Gasteiger partial charge in [0.05, 0.1) is 17.2 Å². The molecular formula is C17H22BrN3O3S. The van der Waals surface area contributed by atoms with Crippen molar-refractivity contribution in [2.75, 3.05) is 44.4 Å². The summed E-state index contributed by atoms with van der Waals surface area (Å²) in [6.07, 6.45) is 1.59. The molecule has 0 atom stereocenters. The maximum Gasteiger partial charge on any atom is 0.321 e. The SMILES string of the molecule is COCCN1C(=O)CSC12CCN(C(=O)Nc1ccc(Br)cc1)CC2. The summed E-state index contributed by atoms with van der Waals surface area (Å²) in [5.74, 6) is 0.698. The highest BCUT2D eigenvalue weighted by Gasteiger charge is 2.48. The molecule has 136 valence electrons. The molecule has 3 amide bonds. The van der Waals surface area contributed by atoms with Crippen LogP contribution < -0.4 is 5.32 Å². The van der Waals surface area contributed by atoms with Gasteiger partial charge in [0.15, 0.2) is 0 Å². The lowest BCUT2D eigenvalue weighted by molar-refractivity contribution is -0.131. The second-order valence-corrected chi connectivity index (χ2v) is 8.45. The summed E-state index contributed by atoms with van der Waals surface area (Å²) in [7, 11) is 1.65. The molecule has 2 fully saturated rings. The van der Waals surface area contributed by atoms with Crippen LogP contribution >= 0.6 is 27.7 Å². The van der Waals surface area contributed by atoms with Crippen molar-refractivity contribution in [1.82, 2.24) is 9.80 Å². The first-order chi connectivity index (χ1) is 12.0. The fourth-order valence-corrected chi connectivity index (χ4v) is 4.93. The average Bonchev–Trinajstić information content (AvgIpc) is 2.91. The zero-order chi connectivity index (χ0) is 17.9. The van der Waals surface area contributed by atoms with Crippen LogP contribution in [0.3, 0.4) is 0 Å².